The maximum absolute atomic E-state index is 12.2. The molecule has 0 aliphatic rings. The molecule has 0 aliphatic carbocycles. The van der Waals surface area contributed by atoms with Gasteiger partial charge >= 0.3 is 0 Å². The Balaban J connectivity index is 2.20. The zero-order chi connectivity index (χ0) is 14.7. The summed E-state index contributed by atoms with van der Waals surface area (Å²) in [5.74, 6) is -0.0684. The highest BCUT2D eigenvalue weighted by molar-refractivity contribution is 6.33. The number of hydrogen-bond acceptors (Lipinski definition) is 3. The average molecular weight is 290 g/mol. The number of rotatable bonds is 3. The van der Waals surface area contributed by atoms with Crippen molar-refractivity contribution in [2.75, 3.05) is 5.73 Å². The van der Waals surface area contributed by atoms with E-state index < -0.39 is 0 Å². The number of aromatic nitrogens is 1. The Morgan fingerprint density at radius 1 is 1.30 bits per heavy atom. The lowest BCUT2D eigenvalue weighted by Gasteiger charge is -2.16. The van der Waals surface area contributed by atoms with E-state index >= 15 is 0 Å². The maximum atomic E-state index is 12.2. The van der Waals surface area contributed by atoms with Crippen molar-refractivity contribution >= 4 is 23.3 Å². The highest BCUT2D eigenvalue weighted by atomic mass is 35.5. The first-order valence-corrected chi connectivity index (χ1v) is 6.65. The van der Waals surface area contributed by atoms with Crippen LogP contribution >= 0.6 is 11.6 Å². The molecule has 0 spiro atoms. The summed E-state index contributed by atoms with van der Waals surface area (Å²) in [5, 5.41) is 3.17. The number of benzene rings is 1. The van der Waals surface area contributed by atoms with Crippen LogP contribution in [0.5, 0.6) is 0 Å². The fourth-order valence-electron chi connectivity index (χ4n) is 2.03. The molecule has 4 nitrogen and oxygen atoms in total. The summed E-state index contributed by atoms with van der Waals surface area (Å²) in [6, 6.07) is 10.9. The number of aryl methyl sites for hydroxylation is 1. The summed E-state index contributed by atoms with van der Waals surface area (Å²) in [4.78, 5) is 16.2. The van der Waals surface area contributed by atoms with Crippen molar-refractivity contribution in [1.82, 2.24) is 10.3 Å². The molecule has 3 N–H and O–H groups in total. The van der Waals surface area contributed by atoms with E-state index in [9.17, 15) is 4.79 Å². The molecule has 20 heavy (non-hydrogen) atoms. The van der Waals surface area contributed by atoms with Crippen molar-refractivity contribution in [1.29, 1.82) is 0 Å². The third-order valence-electron chi connectivity index (χ3n) is 3.09. The molecule has 1 unspecified atom stereocenters. The van der Waals surface area contributed by atoms with E-state index in [1.807, 2.05) is 38.1 Å². The minimum absolute atomic E-state index is 0.136. The molecule has 0 saturated carbocycles. The van der Waals surface area contributed by atoms with Gasteiger partial charge in [-0.05, 0) is 37.1 Å². The predicted octanol–water partition coefficient (Wildman–Crippen LogP) is 3.12. The topological polar surface area (TPSA) is 68.0 Å². The summed E-state index contributed by atoms with van der Waals surface area (Å²) < 4.78 is 0. The maximum Gasteiger partial charge on any atom is 0.271 e. The molecule has 1 aromatic carbocycles. The number of nitrogens with one attached hydrogen (secondary N) is 1. The van der Waals surface area contributed by atoms with Crippen LogP contribution in [0.4, 0.5) is 5.82 Å². The van der Waals surface area contributed by atoms with Crippen LogP contribution in [0.25, 0.3) is 0 Å². The van der Waals surface area contributed by atoms with Gasteiger partial charge in [0.15, 0.2) is 0 Å². The van der Waals surface area contributed by atoms with Crippen molar-refractivity contribution in [2.24, 2.45) is 0 Å². The Morgan fingerprint density at radius 3 is 2.70 bits per heavy atom. The molecule has 0 fully saturated rings. The van der Waals surface area contributed by atoms with Gasteiger partial charge in [0.2, 0.25) is 0 Å². The second kappa shape index (κ2) is 5.92. The lowest BCUT2D eigenvalue weighted by atomic mass is 10.0. The summed E-state index contributed by atoms with van der Waals surface area (Å²) in [5.41, 5.74) is 7.90. The third-order valence-corrected chi connectivity index (χ3v) is 3.39. The van der Waals surface area contributed by atoms with Crippen molar-refractivity contribution < 1.29 is 4.79 Å². The zero-order valence-electron chi connectivity index (χ0n) is 11.4. The Kier molecular flexibility index (Phi) is 4.25. The van der Waals surface area contributed by atoms with Crippen LogP contribution in [0.2, 0.25) is 5.02 Å². The van der Waals surface area contributed by atoms with Crippen LogP contribution in [0.3, 0.4) is 0 Å². The molecular formula is C15H16ClN3O. The quantitative estimate of drug-likeness (QED) is 0.912. The highest BCUT2D eigenvalue weighted by Gasteiger charge is 2.16. The van der Waals surface area contributed by atoms with E-state index in [0.717, 1.165) is 11.1 Å². The first kappa shape index (κ1) is 14.3. The lowest BCUT2D eigenvalue weighted by Crippen LogP contribution is -2.28. The highest BCUT2D eigenvalue weighted by Crippen LogP contribution is 2.19. The number of pyridine rings is 1. The summed E-state index contributed by atoms with van der Waals surface area (Å²) in [6.45, 7) is 3.92. The van der Waals surface area contributed by atoms with Crippen molar-refractivity contribution in [3.8, 4) is 0 Å². The molecular weight excluding hydrogens is 274 g/mol. The van der Waals surface area contributed by atoms with Gasteiger partial charge in [-0.1, -0.05) is 35.9 Å². The van der Waals surface area contributed by atoms with Crippen LogP contribution in [0.1, 0.15) is 34.6 Å². The third kappa shape index (κ3) is 3.08. The number of nitrogens with zero attached hydrogens (tertiary/aromatic N) is 1. The standard InChI is InChI=1S/C15H16ClN3O/c1-9-5-3-4-6-11(9)10(2)18-15(20)14-12(16)7-8-13(17)19-14/h3-8,10H,1-2H3,(H2,17,19)(H,18,20). The second-order valence-electron chi connectivity index (χ2n) is 4.62. The van der Waals surface area contributed by atoms with Crippen molar-refractivity contribution in [3.63, 3.8) is 0 Å². The molecule has 2 rings (SSSR count). The normalized spacial score (nSPS) is 11.9. The smallest absolute Gasteiger partial charge is 0.271 e. The van der Waals surface area contributed by atoms with E-state index in [1.54, 1.807) is 12.1 Å². The van der Waals surface area contributed by atoms with Gasteiger partial charge in [0.05, 0.1) is 11.1 Å². The van der Waals surface area contributed by atoms with E-state index in [4.69, 9.17) is 17.3 Å². The number of anilines is 1. The second-order valence-corrected chi connectivity index (χ2v) is 5.03. The molecule has 1 aromatic heterocycles. The molecule has 104 valence electrons. The first-order chi connectivity index (χ1) is 9.49. The number of carbonyl (C=O) groups excluding carboxylic acids is 1. The molecule has 1 amide bonds. The van der Waals surface area contributed by atoms with Crippen LogP contribution in [0, 0.1) is 6.92 Å². The molecule has 2 aromatic rings. The van der Waals surface area contributed by atoms with Gasteiger partial charge in [-0.25, -0.2) is 4.98 Å². The monoisotopic (exact) mass is 289 g/mol. The molecule has 0 saturated heterocycles. The number of nitrogens with two attached hydrogens (primary N) is 1. The van der Waals surface area contributed by atoms with Crippen molar-refractivity contribution in [3.05, 3.63) is 58.2 Å². The van der Waals surface area contributed by atoms with Gasteiger partial charge in [0.1, 0.15) is 11.5 Å². The van der Waals surface area contributed by atoms with Gasteiger partial charge in [-0.2, -0.15) is 0 Å². The van der Waals surface area contributed by atoms with Crippen molar-refractivity contribution in [2.45, 2.75) is 19.9 Å². The number of amides is 1. The van der Waals surface area contributed by atoms with Crippen LogP contribution in [-0.4, -0.2) is 10.9 Å². The summed E-state index contributed by atoms with van der Waals surface area (Å²) in [6.07, 6.45) is 0. The van der Waals surface area contributed by atoms with Gasteiger partial charge in [-0.3, -0.25) is 4.79 Å². The van der Waals surface area contributed by atoms with Gasteiger partial charge in [0, 0.05) is 0 Å². The Bertz CT molecular complexity index is 643. The number of hydrogen-bond donors (Lipinski definition) is 2. The number of halogens is 1. The molecule has 5 heteroatoms. The number of nitrogen functional groups attached to an aromatic ring is 1. The van der Waals surface area contributed by atoms with Gasteiger partial charge in [0.25, 0.3) is 5.91 Å². The Hall–Kier alpha value is -2.07. The zero-order valence-corrected chi connectivity index (χ0v) is 12.1. The molecule has 1 heterocycles. The first-order valence-electron chi connectivity index (χ1n) is 6.27. The fourth-order valence-corrected chi connectivity index (χ4v) is 2.22. The minimum atomic E-state index is -0.335. The van der Waals surface area contributed by atoms with Crippen LogP contribution in [0.15, 0.2) is 36.4 Å². The van der Waals surface area contributed by atoms with E-state index in [2.05, 4.69) is 10.3 Å². The predicted molar refractivity (Wildman–Crippen MR) is 80.7 cm³/mol. The molecule has 0 aliphatic heterocycles. The average Bonchev–Trinajstić information content (AvgIpc) is 2.41. The van der Waals surface area contributed by atoms with Crippen LogP contribution in [-0.2, 0) is 0 Å². The number of carbonyl (C=O) groups is 1. The SMILES string of the molecule is Cc1ccccc1C(C)NC(=O)c1nc(N)ccc1Cl. The lowest BCUT2D eigenvalue weighted by molar-refractivity contribution is 0.0935. The molecule has 1 atom stereocenters. The molecule has 0 radical (unpaired) electrons. The van der Waals surface area contributed by atoms with Gasteiger partial charge < -0.3 is 11.1 Å². The Morgan fingerprint density at radius 2 is 2.00 bits per heavy atom. The summed E-state index contributed by atoms with van der Waals surface area (Å²) in [7, 11) is 0. The van der Waals surface area contributed by atoms with E-state index in [1.165, 1.54) is 0 Å². The minimum Gasteiger partial charge on any atom is -0.384 e. The summed E-state index contributed by atoms with van der Waals surface area (Å²) >= 11 is 5.97. The van der Waals surface area contributed by atoms with E-state index in [0.29, 0.717) is 0 Å². The molecule has 0 bridgehead atoms. The van der Waals surface area contributed by atoms with Gasteiger partial charge in [-0.15, -0.1) is 0 Å². The fraction of sp³-hybridized carbons (Fsp3) is 0.200. The largest absolute Gasteiger partial charge is 0.384 e. The van der Waals surface area contributed by atoms with Crippen LogP contribution < -0.4 is 11.1 Å². The van der Waals surface area contributed by atoms with E-state index in [-0.39, 0.29) is 28.5 Å². The Labute approximate surface area is 123 Å².